The normalized spacial score (nSPS) is 12.9. The molecule has 0 aliphatic rings. The molecule has 0 amide bonds. The molecule has 1 rings (SSSR count). The second kappa shape index (κ2) is 3.99. The van der Waals surface area contributed by atoms with Crippen LogP contribution in [0.1, 0.15) is 0 Å². The van der Waals surface area contributed by atoms with Crippen LogP contribution in [0.4, 0.5) is 0 Å². The van der Waals surface area contributed by atoms with Crippen molar-refractivity contribution in [3.05, 3.63) is 28.7 Å². The van der Waals surface area contributed by atoms with Gasteiger partial charge in [0.2, 0.25) is 0 Å². The first kappa shape index (κ1) is 8.90. The zero-order valence-corrected chi connectivity index (χ0v) is 8.31. The summed E-state index contributed by atoms with van der Waals surface area (Å²) in [5.74, 6) is 0. The molecular formula is C7H7BrO2S. The van der Waals surface area contributed by atoms with Crippen molar-refractivity contribution in [3.63, 3.8) is 0 Å². The first-order valence-electron chi connectivity index (χ1n) is 2.96. The molecule has 0 fully saturated rings. The van der Waals surface area contributed by atoms with Gasteiger partial charge in [-0.2, -0.15) is 0 Å². The van der Waals surface area contributed by atoms with Gasteiger partial charge < -0.3 is 0 Å². The average molecular weight is 235 g/mol. The second-order valence-electron chi connectivity index (χ2n) is 1.83. The van der Waals surface area contributed by atoms with Crippen molar-refractivity contribution in [2.45, 2.75) is 4.90 Å². The monoisotopic (exact) mass is 234 g/mol. The van der Waals surface area contributed by atoms with Crippen LogP contribution in [0.25, 0.3) is 0 Å². The average Bonchev–Trinajstić information content (AvgIpc) is 2.04. The fraction of sp³-hybridized carbons (Fsp3) is 0.143. The molecule has 0 radical (unpaired) electrons. The molecule has 1 aromatic carbocycles. The van der Waals surface area contributed by atoms with Gasteiger partial charge in [-0.1, -0.05) is 12.1 Å². The molecule has 1 unspecified atom stereocenters. The van der Waals surface area contributed by atoms with Crippen LogP contribution in [0, 0.1) is 0 Å². The van der Waals surface area contributed by atoms with E-state index in [0.29, 0.717) is 4.90 Å². The largest absolute Gasteiger partial charge is 0.290 e. The van der Waals surface area contributed by atoms with Crippen molar-refractivity contribution in [1.82, 2.24) is 0 Å². The van der Waals surface area contributed by atoms with E-state index in [1.54, 1.807) is 6.07 Å². The topological polar surface area (TPSA) is 26.3 Å². The van der Waals surface area contributed by atoms with E-state index >= 15 is 0 Å². The molecular weight excluding hydrogens is 228 g/mol. The lowest BCUT2D eigenvalue weighted by atomic mass is 10.4. The summed E-state index contributed by atoms with van der Waals surface area (Å²) in [6.07, 6.45) is 0. The van der Waals surface area contributed by atoms with E-state index in [0.717, 1.165) is 4.47 Å². The molecule has 0 N–H and O–H groups in total. The molecule has 1 atom stereocenters. The Labute approximate surface area is 76.4 Å². The smallest absolute Gasteiger partial charge is 0.190 e. The van der Waals surface area contributed by atoms with Crippen LogP contribution < -0.4 is 0 Å². The van der Waals surface area contributed by atoms with Gasteiger partial charge in [0.05, 0.1) is 12.0 Å². The summed E-state index contributed by atoms with van der Waals surface area (Å²) in [6, 6.07) is 7.26. The maximum Gasteiger partial charge on any atom is 0.190 e. The summed E-state index contributed by atoms with van der Waals surface area (Å²) in [6.45, 7) is 0. The lowest BCUT2D eigenvalue weighted by Gasteiger charge is -1.99. The van der Waals surface area contributed by atoms with Gasteiger partial charge in [-0.25, -0.2) is 4.21 Å². The molecule has 2 nitrogen and oxygen atoms in total. The van der Waals surface area contributed by atoms with Crippen LogP contribution in [-0.2, 0) is 15.3 Å². The van der Waals surface area contributed by atoms with Gasteiger partial charge in [0.25, 0.3) is 0 Å². The van der Waals surface area contributed by atoms with E-state index in [1.807, 2.05) is 18.2 Å². The Hall–Kier alpha value is -0.190. The second-order valence-corrected chi connectivity index (χ2v) is 3.93. The van der Waals surface area contributed by atoms with E-state index in [1.165, 1.54) is 7.11 Å². The predicted octanol–water partition coefficient (Wildman–Crippen LogP) is 2.12. The SMILES string of the molecule is COS(=O)c1ccccc1Br. The van der Waals surface area contributed by atoms with Crippen LogP contribution in [-0.4, -0.2) is 11.3 Å². The molecule has 0 aliphatic carbocycles. The molecule has 0 spiro atoms. The van der Waals surface area contributed by atoms with Crippen LogP contribution in [0.2, 0.25) is 0 Å². The zero-order chi connectivity index (χ0) is 8.27. The highest BCUT2D eigenvalue weighted by Gasteiger charge is 2.04. The molecule has 4 heteroatoms. The van der Waals surface area contributed by atoms with E-state index in [2.05, 4.69) is 20.1 Å². The molecule has 1 aromatic rings. The Morgan fingerprint density at radius 1 is 1.45 bits per heavy atom. The molecule has 0 saturated heterocycles. The fourth-order valence-corrected chi connectivity index (χ4v) is 1.95. The highest BCUT2D eigenvalue weighted by Crippen LogP contribution is 2.19. The van der Waals surface area contributed by atoms with Crippen molar-refractivity contribution in [2.75, 3.05) is 7.11 Å². The quantitative estimate of drug-likeness (QED) is 0.784. The lowest BCUT2D eigenvalue weighted by Crippen LogP contribution is -1.93. The van der Waals surface area contributed by atoms with Gasteiger partial charge in [-0.15, -0.1) is 0 Å². The third-order valence-corrected chi connectivity index (χ3v) is 3.14. The number of benzene rings is 1. The van der Waals surface area contributed by atoms with Crippen molar-refractivity contribution in [2.24, 2.45) is 0 Å². The summed E-state index contributed by atoms with van der Waals surface area (Å²) in [4.78, 5) is 0.662. The van der Waals surface area contributed by atoms with Crippen LogP contribution in [0.5, 0.6) is 0 Å². The minimum absolute atomic E-state index is 0.662. The van der Waals surface area contributed by atoms with E-state index in [9.17, 15) is 4.21 Å². The Balaban J connectivity index is 3.03. The number of halogens is 1. The number of rotatable bonds is 2. The summed E-state index contributed by atoms with van der Waals surface area (Å²) < 4.78 is 16.6. The summed E-state index contributed by atoms with van der Waals surface area (Å²) in [7, 11) is 1.41. The van der Waals surface area contributed by atoms with Gasteiger partial charge >= 0.3 is 0 Å². The molecule has 0 aromatic heterocycles. The van der Waals surface area contributed by atoms with Gasteiger partial charge in [0.15, 0.2) is 11.1 Å². The summed E-state index contributed by atoms with van der Waals surface area (Å²) in [5.41, 5.74) is 0. The fourth-order valence-electron chi connectivity index (χ4n) is 0.670. The molecule has 0 aliphatic heterocycles. The third-order valence-electron chi connectivity index (χ3n) is 1.17. The van der Waals surface area contributed by atoms with Crippen molar-refractivity contribution in [1.29, 1.82) is 0 Å². The molecule has 0 saturated carbocycles. The minimum Gasteiger partial charge on any atom is -0.290 e. The van der Waals surface area contributed by atoms with Crippen LogP contribution in [0.3, 0.4) is 0 Å². The van der Waals surface area contributed by atoms with Crippen molar-refractivity contribution < 1.29 is 8.39 Å². The third kappa shape index (κ3) is 2.12. The lowest BCUT2D eigenvalue weighted by molar-refractivity contribution is 0.445. The molecule has 60 valence electrons. The summed E-state index contributed by atoms with van der Waals surface area (Å²) >= 11 is 1.92. The van der Waals surface area contributed by atoms with E-state index in [4.69, 9.17) is 0 Å². The van der Waals surface area contributed by atoms with Gasteiger partial charge in [-0.3, -0.25) is 4.18 Å². The van der Waals surface area contributed by atoms with Crippen molar-refractivity contribution >= 4 is 27.0 Å². The first-order valence-corrected chi connectivity index (χ1v) is 4.83. The van der Waals surface area contributed by atoms with Gasteiger partial charge in [0.1, 0.15) is 0 Å². The van der Waals surface area contributed by atoms with Gasteiger partial charge in [-0.05, 0) is 28.1 Å². The predicted molar refractivity (Wildman–Crippen MR) is 47.6 cm³/mol. The van der Waals surface area contributed by atoms with E-state index < -0.39 is 11.1 Å². The van der Waals surface area contributed by atoms with E-state index in [-0.39, 0.29) is 0 Å². The first-order chi connectivity index (χ1) is 5.25. The Kier molecular flexibility index (Phi) is 3.23. The zero-order valence-electron chi connectivity index (χ0n) is 5.91. The van der Waals surface area contributed by atoms with Crippen LogP contribution >= 0.6 is 15.9 Å². The number of hydrogen-bond acceptors (Lipinski definition) is 2. The summed E-state index contributed by atoms with van der Waals surface area (Å²) in [5, 5.41) is 0. The number of hydrogen-bond donors (Lipinski definition) is 0. The van der Waals surface area contributed by atoms with Gasteiger partial charge in [0, 0.05) is 4.47 Å². The maximum absolute atomic E-state index is 11.1. The molecule has 11 heavy (non-hydrogen) atoms. The van der Waals surface area contributed by atoms with Crippen LogP contribution in [0.15, 0.2) is 33.6 Å². The van der Waals surface area contributed by atoms with Crippen molar-refractivity contribution in [3.8, 4) is 0 Å². The minimum atomic E-state index is -1.35. The Bertz CT molecular complexity index is 275. The standard InChI is InChI=1S/C7H7BrO2S/c1-10-11(9)7-5-3-2-4-6(7)8/h2-5H,1H3. The maximum atomic E-state index is 11.1. The molecule has 0 heterocycles. The highest BCUT2D eigenvalue weighted by atomic mass is 79.9. The Morgan fingerprint density at radius 2 is 2.09 bits per heavy atom. The highest BCUT2D eigenvalue weighted by molar-refractivity contribution is 9.10. The Morgan fingerprint density at radius 3 is 2.64 bits per heavy atom. The molecule has 0 bridgehead atoms.